The summed E-state index contributed by atoms with van der Waals surface area (Å²) in [5.74, 6) is -0.269. The summed E-state index contributed by atoms with van der Waals surface area (Å²) in [7, 11) is 1.98. The van der Waals surface area contributed by atoms with Crippen LogP contribution >= 0.6 is 11.3 Å². The van der Waals surface area contributed by atoms with Crippen molar-refractivity contribution in [1.29, 1.82) is 0 Å². The predicted molar refractivity (Wildman–Crippen MR) is 59.4 cm³/mol. The lowest BCUT2D eigenvalue weighted by molar-refractivity contribution is 0.0702. The molecule has 0 saturated carbocycles. The zero-order chi connectivity index (χ0) is 10.7. The average molecular weight is 213 g/mol. The van der Waals surface area contributed by atoms with E-state index in [-0.39, 0.29) is 0 Å². The molecular weight excluding hydrogens is 198 g/mol. The fourth-order valence-electron chi connectivity index (χ4n) is 1.29. The van der Waals surface area contributed by atoms with Gasteiger partial charge in [0, 0.05) is 13.6 Å². The van der Waals surface area contributed by atoms with Crippen molar-refractivity contribution in [3.8, 4) is 0 Å². The van der Waals surface area contributed by atoms with Crippen LogP contribution in [0.4, 0.5) is 5.00 Å². The van der Waals surface area contributed by atoms with E-state index < -0.39 is 5.97 Å². The standard InChI is InChI=1S/C10H15NO2S/c1-7(2)6-11(3)9-5-4-8(14-9)10(12)13/h4-5,7H,6H2,1-3H3,(H,12,13). The van der Waals surface area contributed by atoms with E-state index in [9.17, 15) is 4.79 Å². The van der Waals surface area contributed by atoms with E-state index in [0.29, 0.717) is 10.8 Å². The summed E-state index contributed by atoms with van der Waals surface area (Å²) in [6.07, 6.45) is 0. The van der Waals surface area contributed by atoms with Gasteiger partial charge in [-0.25, -0.2) is 4.79 Å². The van der Waals surface area contributed by atoms with E-state index in [4.69, 9.17) is 5.11 Å². The molecule has 1 N–H and O–H groups in total. The molecule has 0 radical (unpaired) electrons. The largest absolute Gasteiger partial charge is 0.477 e. The Hall–Kier alpha value is -1.03. The molecule has 1 heterocycles. The Bertz CT molecular complexity index is 320. The Kier molecular flexibility index (Phi) is 3.52. The molecule has 0 atom stereocenters. The number of carbonyl (C=O) groups is 1. The second kappa shape index (κ2) is 4.46. The fraction of sp³-hybridized carbons (Fsp3) is 0.500. The van der Waals surface area contributed by atoms with Gasteiger partial charge in [0.2, 0.25) is 0 Å². The molecule has 3 nitrogen and oxygen atoms in total. The Morgan fingerprint density at radius 1 is 1.57 bits per heavy atom. The van der Waals surface area contributed by atoms with Gasteiger partial charge in [0.25, 0.3) is 0 Å². The Morgan fingerprint density at radius 2 is 2.21 bits per heavy atom. The fourth-order valence-corrected chi connectivity index (χ4v) is 2.10. The van der Waals surface area contributed by atoms with Crippen LogP contribution in [0.5, 0.6) is 0 Å². The van der Waals surface area contributed by atoms with Crippen molar-refractivity contribution >= 4 is 22.3 Å². The Labute approximate surface area is 88.0 Å². The van der Waals surface area contributed by atoms with E-state index in [1.807, 2.05) is 13.1 Å². The van der Waals surface area contributed by atoms with Crippen LogP contribution in [-0.4, -0.2) is 24.7 Å². The summed E-state index contributed by atoms with van der Waals surface area (Å²) in [6.45, 7) is 5.23. The van der Waals surface area contributed by atoms with Crippen LogP contribution in [0.1, 0.15) is 23.5 Å². The smallest absolute Gasteiger partial charge is 0.345 e. The zero-order valence-corrected chi connectivity index (χ0v) is 9.47. The van der Waals surface area contributed by atoms with Gasteiger partial charge in [0.05, 0.1) is 5.00 Å². The molecule has 1 aromatic rings. The molecule has 0 saturated heterocycles. The minimum absolute atomic E-state index is 0.399. The number of anilines is 1. The van der Waals surface area contributed by atoms with Gasteiger partial charge < -0.3 is 10.0 Å². The van der Waals surface area contributed by atoms with Gasteiger partial charge in [-0.1, -0.05) is 13.8 Å². The van der Waals surface area contributed by atoms with Crippen molar-refractivity contribution in [1.82, 2.24) is 0 Å². The third kappa shape index (κ3) is 2.73. The first-order chi connectivity index (χ1) is 6.50. The topological polar surface area (TPSA) is 40.5 Å². The van der Waals surface area contributed by atoms with Crippen molar-refractivity contribution in [2.75, 3.05) is 18.5 Å². The van der Waals surface area contributed by atoms with Gasteiger partial charge in [-0.15, -0.1) is 11.3 Å². The molecule has 0 aliphatic rings. The molecule has 0 unspecified atom stereocenters. The summed E-state index contributed by atoms with van der Waals surface area (Å²) in [4.78, 5) is 13.1. The molecule has 0 amide bonds. The Balaban J connectivity index is 2.71. The lowest BCUT2D eigenvalue weighted by Gasteiger charge is -2.18. The van der Waals surface area contributed by atoms with Gasteiger partial charge in [-0.3, -0.25) is 0 Å². The van der Waals surface area contributed by atoms with Gasteiger partial charge in [-0.05, 0) is 18.1 Å². The van der Waals surface area contributed by atoms with E-state index in [1.165, 1.54) is 11.3 Å². The third-order valence-corrected chi connectivity index (χ3v) is 3.01. The molecular formula is C10H15NO2S. The average Bonchev–Trinajstić information content (AvgIpc) is 2.50. The number of aromatic carboxylic acids is 1. The van der Waals surface area contributed by atoms with Crippen LogP contribution in [-0.2, 0) is 0 Å². The van der Waals surface area contributed by atoms with Crippen molar-refractivity contribution < 1.29 is 9.90 Å². The van der Waals surface area contributed by atoms with Gasteiger partial charge in [-0.2, -0.15) is 0 Å². The number of hydrogen-bond acceptors (Lipinski definition) is 3. The molecule has 0 aliphatic heterocycles. The number of rotatable bonds is 4. The van der Waals surface area contributed by atoms with E-state index in [0.717, 1.165) is 11.5 Å². The molecule has 4 heteroatoms. The molecule has 1 rings (SSSR count). The first-order valence-corrected chi connectivity index (χ1v) is 5.36. The molecule has 0 spiro atoms. The minimum Gasteiger partial charge on any atom is -0.477 e. The molecule has 78 valence electrons. The lowest BCUT2D eigenvalue weighted by atomic mass is 10.2. The maximum absolute atomic E-state index is 10.7. The van der Waals surface area contributed by atoms with Crippen LogP contribution in [0.15, 0.2) is 12.1 Å². The maximum atomic E-state index is 10.7. The zero-order valence-electron chi connectivity index (χ0n) is 8.65. The summed E-state index contributed by atoms with van der Waals surface area (Å²) < 4.78 is 0. The minimum atomic E-state index is -0.848. The second-order valence-corrected chi connectivity index (χ2v) is 4.78. The normalized spacial score (nSPS) is 10.6. The summed E-state index contributed by atoms with van der Waals surface area (Å²) in [5, 5.41) is 9.76. The molecule has 0 aliphatic carbocycles. The van der Waals surface area contributed by atoms with E-state index in [1.54, 1.807) is 6.07 Å². The van der Waals surface area contributed by atoms with Gasteiger partial charge in [0.15, 0.2) is 0 Å². The van der Waals surface area contributed by atoms with Crippen LogP contribution in [0, 0.1) is 5.92 Å². The quantitative estimate of drug-likeness (QED) is 0.835. The molecule has 0 fully saturated rings. The van der Waals surface area contributed by atoms with Crippen molar-refractivity contribution in [3.05, 3.63) is 17.0 Å². The Morgan fingerprint density at radius 3 is 2.64 bits per heavy atom. The van der Waals surface area contributed by atoms with E-state index >= 15 is 0 Å². The summed E-state index contributed by atoms with van der Waals surface area (Å²) in [5.41, 5.74) is 0. The van der Waals surface area contributed by atoms with Crippen LogP contribution in [0.25, 0.3) is 0 Å². The molecule has 0 bridgehead atoms. The number of carboxylic acids is 1. The van der Waals surface area contributed by atoms with Crippen LogP contribution < -0.4 is 4.90 Å². The second-order valence-electron chi connectivity index (χ2n) is 3.72. The van der Waals surface area contributed by atoms with Gasteiger partial charge in [0.1, 0.15) is 4.88 Å². The highest BCUT2D eigenvalue weighted by molar-refractivity contribution is 7.17. The molecule has 14 heavy (non-hydrogen) atoms. The first kappa shape index (κ1) is 11.0. The summed E-state index contributed by atoms with van der Waals surface area (Å²) >= 11 is 1.32. The van der Waals surface area contributed by atoms with Crippen LogP contribution in [0.2, 0.25) is 0 Å². The molecule has 0 aromatic carbocycles. The maximum Gasteiger partial charge on any atom is 0.345 e. The highest BCUT2D eigenvalue weighted by Gasteiger charge is 2.10. The number of hydrogen-bond donors (Lipinski definition) is 1. The van der Waals surface area contributed by atoms with Gasteiger partial charge >= 0.3 is 5.97 Å². The van der Waals surface area contributed by atoms with E-state index in [2.05, 4.69) is 18.7 Å². The third-order valence-electron chi connectivity index (χ3n) is 1.82. The van der Waals surface area contributed by atoms with Crippen molar-refractivity contribution in [3.63, 3.8) is 0 Å². The SMILES string of the molecule is CC(C)CN(C)c1ccc(C(=O)O)s1. The highest BCUT2D eigenvalue weighted by atomic mass is 32.1. The van der Waals surface area contributed by atoms with Crippen LogP contribution in [0.3, 0.4) is 0 Å². The van der Waals surface area contributed by atoms with Crippen molar-refractivity contribution in [2.24, 2.45) is 5.92 Å². The first-order valence-electron chi connectivity index (χ1n) is 4.55. The number of nitrogens with zero attached hydrogens (tertiary/aromatic N) is 1. The molecule has 1 aromatic heterocycles. The number of thiophene rings is 1. The number of carboxylic acid groups (broad SMARTS) is 1. The summed E-state index contributed by atoms with van der Waals surface area (Å²) in [6, 6.07) is 3.51. The highest BCUT2D eigenvalue weighted by Crippen LogP contribution is 2.25. The lowest BCUT2D eigenvalue weighted by Crippen LogP contribution is -2.21. The van der Waals surface area contributed by atoms with Crippen molar-refractivity contribution in [2.45, 2.75) is 13.8 Å². The predicted octanol–water partition coefficient (Wildman–Crippen LogP) is 2.54. The monoisotopic (exact) mass is 213 g/mol.